The zero-order valence-electron chi connectivity index (χ0n) is 10.3. The molecule has 2 heterocycles. The quantitative estimate of drug-likeness (QED) is 0.905. The number of para-hydroxylation sites is 1. The number of rotatable bonds is 2. The Morgan fingerprint density at radius 2 is 2.00 bits per heavy atom. The van der Waals surface area contributed by atoms with Crippen molar-refractivity contribution in [2.75, 3.05) is 12.1 Å². The standard InChI is InChI=1S/C15H13NO2S/c1-2-4-14-11(3-1)16-15(19-14)8-10-5-6-12-13(7-10)18-9-17-12/h1-7,15-16H,8-9H2/t15-/m1/s1. The molecular formula is C15H13NO2S. The molecule has 0 aliphatic carbocycles. The summed E-state index contributed by atoms with van der Waals surface area (Å²) in [6.07, 6.45) is 0.968. The van der Waals surface area contributed by atoms with E-state index in [9.17, 15) is 0 Å². The zero-order chi connectivity index (χ0) is 12.7. The number of nitrogens with one attached hydrogen (secondary N) is 1. The molecule has 0 unspecified atom stereocenters. The van der Waals surface area contributed by atoms with Gasteiger partial charge in [0.25, 0.3) is 0 Å². The van der Waals surface area contributed by atoms with Gasteiger partial charge in [-0.15, -0.1) is 0 Å². The second-order valence-corrected chi connectivity index (χ2v) is 5.88. The molecular weight excluding hydrogens is 258 g/mol. The maximum atomic E-state index is 5.42. The summed E-state index contributed by atoms with van der Waals surface area (Å²) in [5.41, 5.74) is 2.50. The molecule has 0 fully saturated rings. The molecule has 4 rings (SSSR count). The van der Waals surface area contributed by atoms with E-state index >= 15 is 0 Å². The molecule has 2 aliphatic rings. The van der Waals surface area contributed by atoms with Crippen LogP contribution in [-0.2, 0) is 6.42 Å². The second-order valence-electron chi connectivity index (χ2n) is 4.64. The lowest BCUT2D eigenvalue weighted by Crippen LogP contribution is -2.13. The first kappa shape index (κ1) is 11.1. The Morgan fingerprint density at radius 1 is 1.11 bits per heavy atom. The van der Waals surface area contributed by atoms with Crippen LogP contribution in [0.3, 0.4) is 0 Å². The largest absolute Gasteiger partial charge is 0.454 e. The van der Waals surface area contributed by atoms with Gasteiger partial charge in [0.1, 0.15) is 0 Å². The normalized spacial score (nSPS) is 19.1. The van der Waals surface area contributed by atoms with Crippen LogP contribution in [0.25, 0.3) is 0 Å². The third kappa shape index (κ3) is 2.02. The van der Waals surface area contributed by atoms with E-state index < -0.39 is 0 Å². The summed E-state index contributed by atoms with van der Waals surface area (Å²) in [6.45, 7) is 0.334. The minimum absolute atomic E-state index is 0.334. The number of thioether (sulfide) groups is 1. The minimum Gasteiger partial charge on any atom is -0.454 e. The number of hydrogen-bond acceptors (Lipinski definition) is 4. The van der Waals surface area contributed by atoms with Crippen LogP contribution in [0.15, 0.2) is 47.4 Å². The van der Waals surface area contributed by atoms with Gasteiger partial charge in [0.2, 0.25) is 6.79 Å². The number of benzene rings is 2. The summed E-state index contributed by atoms with van der Waals surface area (Å²) >= 11 is 1.88. The molecule has 0 saturated carbocycles. The molecule has 0 spiro atoms. The molecule has 0 saturated heterocycles. The van der Waals surface area contributed by atoms with Gasteiger partial charge in [-0.3, -0.25) is 0 Å². The number of anilines is 1. The summed E-state index contributed by atoms with van der Waals surface area (Å²) in [5.74, 6) is 1.71. The molecule has 96 valence electrons. The Labute approximate surface area is 115 Å². The monoisotopic (exact) mass is 271 g/mol. The fourth-order valence-electron chi connectivity index (χ4n) is 2.42. The summed E-state index contributed by atoms with van der Waals surface area (Å²) in [4.78, 5) is 1.33. The van der Waals surface area contributed by atoms with Crippen LogP contribution in [0, 0.1) is 0 Å². The Hall–Kier alpha value is -1.81. The first-order valence-electron chi connectivity index (χ1n) is 6.29. The van der Waals surface area contributed by atoms with Gasteiger partial charge in [0, 0.05) is 17.0 Å². The third-order valence-corrected chi connectivity index (χ3v) is 4.51. The van der Waals surface area contributed by atoms with Crippen molar-refractivity contribution < 1.29 is 9.47 Å². The number of ether oxygens (including phenoxy) is 2. The zero-order valence-corrected chi connectivity index (χ0v) is 11.1. The molecule has 4 heteroatoms. The molecule has 0 amide bonds. The molecule has 1 atom stereocenters. The van der Waals surface area contributed by atoms with Crippen molar-refractivity contribution in [1.82, 2.24) is 0 Å². The molecule has 0 bridgehead atoms. The lowest BCUT2D eigenvalue weighted by Gasteiger charge is -2.10. The Bertz CT molecular complexity index is 604. The van der Waals surface area contributed by atoms with Crippen LogP contribution in [-0.4, -0.2) is 12.2 Å². The minimum atomic E-state index is 0.334. The molecule has 2 aromatic rings. The highest BCUT2D eigenvalue weighted by atomic mass is 32.2. The van der Waals surface area contributed by atoms with E-state index in [0.29, 0.717) is 12.2 Å². The number of fused-ring (bicyclic) bond motifs is 2. The highest BCUT2D eigenvalue weighted by Gasteiger charge is 2.22. The highest BCUT2D eigenvalue weighted by Crippen LogP contribution is 2.40. The third-order valence-electron chi connectivity index (χ3n) is 3.33. The van der Waals surface area contributed by atoms with Crippen molar-refractivity contribution in [2.45, 2.75) is 16.7 Å². The molecule has 0 radical (unpaired) electrons. The maximum absolute atomic E-state index is 5.42. The van der Waals surface area contributed by atoms with Crippen LogP contribution in [0.2, 0.25) is 0 Å². The smallest absolute Gasteiger partial charge is 0.231 e. The van der Waals surface area contributed by atoms with Crippen molar-refractivity contribution in [1.29, 1.82) is 0 Å². The first-order chi connectivity index (χ1) is 9.38. The predicted molar refractivity (Wildman–Crippen MR) is 76.0 cm³/mol. The first-order valence-corrected chi connectivity index (χ1v) is 7.17. The second kappa shape index (κ2) is 4.38. The lowest BCUT2D eigenvalue weighted by molar-refractivity contribution is 0.174. The van der Waals surface area contributed by atoms with Crippen LogP contribution in [0.1, 0.15) is 5.56 Å². The molecule has 1 N–H and O–H groups in total. The fourth-order valence-corrected chi connectivity index (χ4v) is 3.60. The lowest BCUT2D eigenvalue weighted by atomic mass is 10.1. The van der Waals surface area contributed by atoms with E-state index in [2.05, 4.69) is 41.7 Å². The summed E-state index contributed by atoms with van der Waals surface area (Å²) in [5, 5.41) is 3.93. The Kier molecular flexibility index (Phi) is 2.55. The van der Waals surface area contributed by atoms with Crippen LogP contribution < -0.4 is 14.8 Å². The van der Waals surface area contributed by atoms with Gasteiger partial charge in [-0.25, -0.2) is 0 Å². The van der Waals surface area contributed by atoms with Gasteiger partial charge in [0.15, 0.2) is 11.5 Å². The molecule has 19 heavy (non-hydrogen) atoms. The van der Waals surface area contributed by atoms with Crippen molar-refractivity contribution in [3.05, 3.63) is 48.0 Å². The van der Waals surface area contributed by atoms with Crippen LogP contribution in [0.4, 0.5) is 5.69 Å². The van der Waals surface area contributed by atoms with Crippen molar-refractivity contribution in [3.63, 3.8) is 0 Å². The molecule has 2 aliphatic heterocycles. The van der Waals surface area contributed by atoms with E-state index in [1.807, 2.05) is 17.8 Å². The fraction of sp³-hybridized carbons (Fsp3) is 0.200. The SMILES string of the molecule is c1ccc2c(c1)N[C@@H](Cc1ccc3c(c1)OCO3)S2. The summed E-state index contributed by atoms with van der Waals surface area (Å²) in [6, 6.07) is 14.6. The Balaban J connectivity index is 1.51. The van der Waals surface area contributed by atoms with Gasteiger partial charge < -0.3 is 14.8 Å². The molecule has 0 aromatic heterocycles. The van der Waals surface area contributed by atoms with Gasteiger partial charge in [-0.05, 0) is 29.8 Å². The van der Waals surface area contributed by atoms with E-state index in [0.717, 1.165) is 17.9 Å². The van der Waals surface area contributed by atoms with Gasteiger partial charge >= 0.3 is 0 Å². The van der Waals surface area contributed by atoms with Gasteiger partial charge in [-0.2, -0.15) is 0 Å². The molecule has 2 aromatic carbocycles. The van der Waals surface area contributed by atoms with Crippen LogP contribution >= 0.6 is 11.8 Å². The van der Waals surface area contributed by atoms with E-state index in [4.69, 9.17) is 9.47 Å². The van der Waals surface area contributed by atoms with E-state index in [1.54, 1.807) is 0 Å². The maximum Gasteiger partial charge on any atom is 0.231 e. The average molecular weight is 271 g/mol. The summed E-state index contributed by atoms with van der Waals surface area (Å²) in [7, 11) is 0. The summed E-state index contributed by atoms with van der Waals surface area (Å²) < 4.78 is 10.7. The average Bonchev–Trinajstić information content (AvgIpc) is 3.03. The van der Waals surface area contributed by atoms with E-state index in [1.165, 1.54) is 16.1 Å². The van der Waals surface area contributed by atoms with Crippen molar-refractivity contribution in [2.24, 2.45) is 0 Å². The van der Waals surface area contributed by atoms with Crippen molar-refractivity contribution >= 4 is 17.4 Å². The van der Waals surface area contributed by atoms with Gasteiger partial charge in [0.05, 0.1) is 5.37 Å². The van der Waals surface area contributed by atoms with Crippen LogP contribution in [0.5, 0.6) is 11.5 Å². The topological polar surface area (TPSA) is 30.5 Å². The predicted octanol–water partition coefficient (Wildman–Crippen LogP) is 3.50. The van der Waals surface area contributed by atoms with Crippen molar-refractivity contribution in [3.8, 4) is 11.5 Å². The van der Waals surface area contributed by atoms with Gasteiger partial charge in [-0.1, -0.05) is 30.0 Å². The molecule has 3 nitrogen and oxygen atoms in total. The highest BCUT2D eigenvalue weighted by molar-refractivity contribution is 8.00. The van der Waals surface area contributed by atoms with E-state index in [-0.39, 0.29) is 0 Å². The number of hydrogen-bond donors (Lipinski definition) is 1. The Morgan fingerprint density at radius 3 is 2.95 bits per heavy atom.